The number of hydrogen-bond donors (Lipinski definition) is 1. The molecule has 3 rings (SSSR count). The molecule has 0 spiro atoms. The van der Waals surface area contributed by atoms with Crippen LogP contribution in [0.3, 0.4) is 0 Å². The number of benzene rings is 2. The van der Waals surface area contributed by atoms with E-state index < -0.39 is 6.10 Å². The van der Waals surface area contributed by atoms with E-state index in [4.69, 9.17) is 9.47 Å². The molecule has 33 heavy (non-hydrogen) atoms. The normalized spacial score (nSPS) is 17.7. The van der Waals surface area contributed by atoms with E-state index in [2.05, 4.69) is 18.7 Å². The third-order valence-electron chi connectivity index (χ3n) is 5.81. The van der Waals surface area contributed by atoms with Crippen molar-refractivity contribution in [2.75, 3.05) is 45.9 Å². The highest BCUT2D eigenvalue weighted by Crippen LogP contribution is 2.17. The fourth-order valence-corrected chi connectivity index (χ4v) is 4.12. The van der Waals surface area contributed by atoms with Crippen molar-refractivity contribution in [2.45, 2.75) is 39.9 Å². The van der Waals surface area contributed by atoms with E-state index in [1.807, 2.05) is 67.3 Å². The number of rotatable bonds is 10. The lowest BCUT2D eigenvalue weighted by Crippen LogP contribution is -2.51. The number of ether oxygens (including phenoxy) is 2. The van der Waals surface area contributed by atoms with E-state index in [0.29, 0.717) is 44.3 Å². The van der Waals surface area contributed by atoms with Gasteiger partial charge in [0.15, 0.2) is 0 Å². The Kier molecular flexibility index (Phi) is 9.30. The van der Waals surface area contributed by atoms with Crippen molar-refractivity contribution in [3.8, 4) is 5.75 Å². The molecule has 180 valence electrons. The number of carbonyl (C=O) groups excluding carboxylic acids is 1. The van der Waals surface area contributed by atoms with Gasteiger partial charge in [-0.2, -0.15) is 0 Å². The molecular weight excluding hydrogens is 416 g/mol. The molecule has 2 unspecified atom stereocenters. The zero-order valence-corrected chi connectivity index (χ0v) is 20.4. The number of aryl methyl sites for hydroxylation is 2. The van der Waals surface area contributed by atoms with Crippen molar-refractivity contribution in [3.05, 3.63) is 65.2 Å². The molecule has 0 radical (unpaired) electrons. The third kappa shape index (κ3) is 7.84. The van der Waals surface area contributed by atoms with Crippen molar-refractivity contribution in [1.29, 1.82) is 0 Å². The Bertz CT molecular complexity index is 884. The molecule has 1 aliphatic heterocycles. The number of β-amino-alcohol motifs (C(OH)–C–C–N with tert-alkyl or cyclic N) is 1. The van der Waals surface area contributed by atoms with Crippen LogP contribution in [0.5, 0.6) is 5.75 Å². The van der Waals surface area contributed by atoms with E-state index in [-0.39, 0.29) is 18.6 Å². The van der Waals surface area contributed by atoms with E-state index in [1.165, 1.54) is 0 Å². The molecule has 2 aromatic rings. The monoisotopic (exact) mass is 454 g/mol. The van der Waals surface area contributed by atoms with Crippen LogP contribution in [-0.2, 0) is 4.74 Å². The second kappa shape index (κ2) is 12.2. The van der Waals surface area contributed by atoms with E-state index >= 15 is 0 Å². The maximum atomic E-state index is 13.2. The van der Waals surface area contributed by atoms with Gasteiger partial charge in [-0.1, -0.05) is 49.7 Å². The molecule has 1 fully saturated rings. The molecule has 1 N–H and O–H groups in total. The number of aliphatic hydroxyl groups excluding tert-OH is 1. The number of aliphatic hydroxyl groups is 1. The van der Waals surface area contributed by atoms with Gasteiger partial charge in [0, 0.05) is 38.3 Å². The van der Waals surface area contributed by atoms with Crippen LogP contribution in [0.2, 0.25) is 0 Å². The highest BCUT2D eigenvalue weighted by atomic mass is 16.5. The summed E-state index contributed by atoms with van der Waals surface area (Å²) in [4.78, 5) is 17.3. The lowest BCUT2D eigenvalue weighted by Gasteiger charge is -2.37. The number of nitrogens with zero attached hydrogens (tertiary/aromatic N) is 2. The SMILES string of the molecule is Cc1ccc(C(=O)N(CC(C)C)CC2CN(CC(O)COc3ccccc3C)CCO2)cc1. The summed E-state index contributed by atoms with van der Waals surface area (Å²) in [7, 11) is 0. The molecule has 0 saturated carbocycles. The molecule has 1 saturated heterocycles. The Morgan fingerprint density at radius 2 is 1.91 bits per heavy atom. The van der Waals surface area contributed by atoms with Crippen molar-refractivity contribution >= 4 is 5.91 Å². The summed E-state index contributed by atoms with van der Waals surface area (Å²) in [5.74, 6) is 1.20. The fourth-order valence-electron chi connectivity index (χ4n) is 4.12. The van der Waals surface area contributed by atoms with Crippen molar-refractivity contribution in [2.24, 2.45) is 5.92 Å². The molecule has 6 heteroatoms. The largest absolute Gasteiger partial charge is 0.491 e. The van der Waals surface area contributed by atoms with Gasteiger partial charge in [-0.3, -0.25) is 9.69 Å². The van der Waals surface area contributed by atoms with Crippen molar-refractivity contribution in [3.63, 3.8) is 0 Å². The zero-order chi connectivity index (χ0) is 23.8. The van der Waals surface area contributed by atoms with Gasteiger partial charge in [-0.05, 0) is 43.5 Å². The summed E-state index contributed by atoms with van der Waals surface area (Å²) in [6, 6.07) is 15.5. The van der Waals surface area contributed by atoms with Crippen LogP contribution in [0, 0.1) is 19.8 Å². The second-order valence-electron chi connectivity index (χ2n) is 9.45. The molecule has 1 aliphatic rings. The quantitative estimate of drug-likeness (QED) is 0.595. The molecule has 0 aliphatic carbocycles. The molecule has 1 amide bonds. The van der Waals surface area contributed by atoms with Crippen LogP contribution in [0.1, 0.15) is 35.3 Å². The first-order valence-corrected chi connectivity index (χ1v) is 11.9. The van der Waals surface area contributed by atoms with Gasteiger partial charge in [0.2, 0.25) is 0 Å². The number of morpholine rings is 1. The van der Waals surface area contributed by atoms with Gasteiger partial charge in [-0.15, -0.1) is 0 Å². The number of hydrogen-bond acceptors (Lipinski definition) is 5. The van der Waals surface area contributed by atoms with Gasteiger partial charge < -0.3 is 19.5 Å². The van der Waals surface area contributed by atoms with Gasteiger partial charge in [0.05, 0.1) is 12.7 Å². The van der Waals surface area contributed by atoms with Gasteiger partial charge in [-0.25, -0.2) is 0 Å². The van der Waals surface area contributed by atoms with Crippen LogP contribution in [0.25, 0.3) is 0 Å². The highest BCUT2D eigenvalue weighted by Gasteiger charge is 2.27. The molecule has 0 aromatic heterocycles. The first-order chi connectivity index (χ1) is 15.8. The van der Waals surface area contributed by atoms with Crippen molar-refractivity contribution in [1.82, 2.24) is 9.80 Å². The molecule has 6 nitrogen and oxygen atoms in total. The Labute approximate surface area is 198 Å². The first-order valence-electron chi connectivity index (χ1n) is 11.9. The molecular formula is C27H38N2O4. The lowest BCUT2D eigenvalue weighted by molar-refractivity contribution is -0.0542. The highest BCUT2D eigenvalue weighted by molar-refractivity contribution is 5.94. The van der Waals surface area contributed by atoms with Gasteiger partial charge >= 0.3 is 0 Å². The number of amides is 1. The zero-order valence-electron chi connectivity index (χ0n) is 20.4. The number of carbonyl (C=O) groups is 1. The van der Waals surface area contributed by atoms with Gasteiger partial charge in [0.25, 0.3) is 5.91 Å². The predicted octanol–water partition coefficient (Wildman–Crippen LogP) is 3.54. The topological polar surface area (TPSA) is 62.2 Å². The summed E-state index contributed by atoms with van der Waals surface area (Å²) in [6.45, 7) is 12.3. The third-order valence-corrected chi connectivity index (χ3v) is 5.81. The Balaban J connectivity index is 1.54. The van der Waals surface area contributed by atoms with Gasteiger partial charge in [0.1, 0.15) is 18.5 Å². The Morgan fingerprint density at radius 3 is 2.61 bits per heavy atom. The maximum absolute atomic E-state index is 13.2. The minimum Gasteiger partial charge on any atom is -0.491 e. The lowest BCUT2D eigenvalue weighted by atomic mass is 10.1. The standard InChI is InChI=1S/C27H38N2O4/c1-20(2)15-29(27(31)23-11-9-21(3)10-12-23)18-25-17-28(13-14-32-25)16-24(30)19-33-26-8-6-5-7-22(26)4/h5-12,20,24-25,30H,13-19H2,1-4H3. The molecule has 1 heterocycles. The van der Waals surface area contributed by atoms with Crippen LogP contribution < -0.4 is 4.74 Å². The van der Waals surface area contributed by atoms with Crippen molar-refractivity contribution < 1.29 is 19.4 Å². The Hall–Kier alpha value is -2.41. The average molecular weight is 455 g/mol. The van der Waals surface area contributed by atoms with E-state index in [1.54, 1.807) is 0 Å². The summed E-state index contributed by atoms with van der Waals surface area (Å²) >= 11 is 0. The minimum absolute atomic E-state index is 0.0380. The maximum Gasteiger partial charge on any atom is 0.253 e. The molecule has 0 bridgehead atoms. The molecule has 2 atom stereocenters. The summed E-state index contributed by atoms with van der Waals surface area (Å²) in [5, 5.41) is 10.5. The summed E-state index contributed by atoms with van der Waals surface area (Å²) < 4.78 is 11.8. The summed E-state index contributed by atoms with van der Waals surface area (Å²) in [5.41, 5.74) is 2.90. The van der Waals surface area contributed by atoms with Crippen LogP contribution in [-0.4, -0.2) is 79.0 Å². The van der Waals surface area contributed by atoms with Crippen LogP contribution in [0.15, 0.2) is 48.5 Å². The molecule has 2 aromatic carbocycles. The second-order valence-corrected chi connectivity index (χ2v) is 9.45. The smallest absolute Gasteiger partial charge is 0.253 e. The van der Waals surface area contributed by atoms with Crippen LogP contribution >= 0.6 is 0 Å². The average Bonchev–Trinajstić information content (AvgIpc) is 2.78. The number of para-hydroxylation sites is 1. The summed E-state index contributed by atoms with van der Waals surface area (Å²) in [6.07, 6.45) is -0.680. The fraction of sp³-hybridized carbons (Fsp3) is 0.519. The minimum atomic E-state index is -0.593. The predicted molar refractivity (Wildman–Crippen MR) is 131 cm³/mol. The van der Waals surface area contributed by atoms with Crippen LogP contribution in [0.4, 0.5) is 0 Å². The first kappa shape index (κ1) is 25.2. The Morgan fingerprint density at radius 1 is 1.18 bits per heavy atom. The van der Waals surface area contributed by atoms with E-state index in [0.717, 1.165) is 23.4 Å². The van der Waals surface area contributed by atoms with E-state index in [9.17, 15) is 9.90 Å².